The minimum atomic E-state index is 0.841. The summed E-state index contributed by atoms with van der Waals surface area (Å²) in [4.78, 5) is 4.28. The first-order valence-electron chi connectivity index (χ1n) is 6.40. The Bertz CT molecular complexity index is 658. The fourth-order valence-corrected chi connectivity index (χ4v) is 2.85. The standard InChI is InChI=1S/C15H16N2OS/c1-11-13(12-4-2-3-5-14(12)18-11)10-16-7-6-15-17-8-9-19-15/h2-5,8-9,16H,6-7,10H2,1H3. The van der Waals surface area contributed by atoms with Crippen LogP contribution in [0.1, 0.15) is 16.3 Å². The summed E-state index contributed by atoms with van der Waals surface area (Å²) in [6, 6.07) is 8.19. The van der Waals surface area contributed by atoms with Crippen molar-refractivity contribution in [2.24, 2.45) is 0 Å². The molecule has 3 rings (SSSR count). The summed E-state index contributed by atoms with van der Waals surface area (Å²) in [5.41, 5.74) is 2.23. The van der Waals surface area contributed by atoms with Gasteiger partial charge < -0.3 is 9.73 Å². The van der Waals surface area contributed by atoms with E-state index in [1.165, 1.54) is 16.0 Å². The third-order valence-electron chi connectivity index (χ3n) is 3.20. The number of para-hydroxylation sites is 1. The zero-order valence-corrected chi connectivity index (χ0v) is 11.7. The van der Waals surface area contributed by atoms with Crippen molar-refractivity contribution in [3.8, 4) is 0 Å². The van der Waals surface area contributed by atoms with Gasteiger partial charge in [-0.3, -0.25) is 0 Å². The van der Waals surface area contributed by atoms with Gasteiger partial charge in [-0.05, 0) is 13.0 Å². The molecule has 3 aromatic rings. The largest absolute Gasteiger partial charge is 0.461 e. The molecule has 0 radical (unpaired) electrons. The van der Waals surface area contributed by atoms with Crippen LogP contribution in [0.2, 0.25) is 0 Å². The van der Waals surface area contributed by atoms with E-state index in [0.29, 0.717) is 0 Å². The second-order valence-electron chi connectivity index (χ2n) is 4.49. The molecule has 1 aromatic carbocycles. The summed E-state index contributed by atoms with van der Waals surface area (Å²) < 4.78 is 5.75. The van der Waals surface area contributed by atoms with Crippen molar-refractivity contribution in [3.63, 3.8) is 0 Å². The van der Waals surface area contributed by atoms with Crippen molar-refractivity contribution < 1.29 is 4.42 Å². The van der Waals surface area contributed by atoms with Crippen molar-refractivity contribution in [1.29, 1.82) is 0 Å². The fourth-order valence-electron chi connectivity index (χ4n) is 2.23. The summed E-state index contributed by atoms with van der Waals surface area (Å²) in [6.45, 7) is 3.80. The van der Waals surface area contributed by atoms with Crippen LogP contribution in [0.5, 0.6) is 0 Å². The van der Waals surface area contributed by atoms with Crippen LogP contribution in [0, 0.1) is 6.92 Å². The van der Waals surface area contributed by atoms with Gasteiger partial charge in [-0.25, -0.2) is 4.98 Å². The van der Waals surface area contributed by atoms with Gasteiger partial charge in [0.2, 0.25) is 0 Å². The summed E-state index contributed by atoms with van der Waals surface area (Å²) in [7, 11) is 0. The maximum atomic E-state index is 5.75. The quantitative estimate of drug-likeness (QED) is 0.722. The lowest BCUT2D eigenvalue weighted by molar-refractivity contribution is 0.565. The molecule has 4 heteroatoms. The number of nitrogens with one attached hydrogen (secondary N) is 1. The number of rotatable bonds is 5. The van der Waals surface area contributed by atoms with Crippen LogP contribution >= 0.6 is 11.3 Å². The second kappa shape index (κ2) is 5.55. The van der Waals surface area contributed by atoms with Gasteiger partial charge in [0.15, 0.2) is 0 Å². The highest BCUT2D eigenvalue weighted by atomic mass is 32.1. The molecule has 1 N–H and O–H groups in total. The van der Waals surface area contributed by atoms with Gasteiger partial charge in [0.25, 0.3) is 0 Å². The summed E-state index contributed by atoms with van der Waals surface area (Å²) in [6.07, 6.45) is 2.83. The monoisotopic (exact) mass is 272 g/mol. The molecular formula is C15H16N2OS. The molecule has 0 aliphatic rings. The van der Waals surface area contributed by atoms with Crippen molar-refractivity contribution in [2.45, 2.75) is 19.9 Å². The van der Waals surface area contributed by atoms with Crippen LogP contribution in [-0.4, -0.2) is 11.5 Å². The van der Waals surface area contributed by atoms with Crippen LogP contribution < -0.4 is 5.32 Å². The van der Waals surface area contributed by atoms with Gasteiger partial charge in [-0.2, -0.15) is 0 Å². The lowest BCUT2D eigenvalue weighted by Crippen LogP contribution is -2.16. The van der Waals surface area contributed by atoms with Crippen molar-refractivity contribution in [2.75, 3.05) is 6.54 Å². The minimum absolute atomic E-state index is 0.841. The molecule has 0 spiro atoms. The average molecular weight is 272 g/mol. The Hall–Kier alpha value is -1.65. The Morgan fingerprint density at radius 2 is 2.21 bits per heavy atom. The van der Waals surface area contributed by atoms with Crippen LogP contribution in [0.15, 0.2) is 40.3 Å². The molecule has 3 nitrogen and oxygen atoms in total. The molecule has 0 saturated heterocycles. The zero-order chi connectivity index (χ0) is 13.1. The lowest BCUT2D eigenvalue weighted by atomic mass is 10.1. The van der Waals surface area contributed by atoms with Gasteiger partial charge in [-0.15, -0.1) is 11.3 Å². The SMILES string of the molecule is Cc1oc2ccccc2c1CNCCc1nccs1. The van der Waals surface area contributed by atoms with E-state index in [1.54, 1.807) is 11.3 Å². The highest BCUT2D eigenvalue weighted by molar-refractivity contribution is 7.09. The van der Waals surface area contributed by atoms with E-state index >= 15 is 0 Å². The molecule has 98 valence electrons. The average Bonchev–Trinajstić information content (AvgIpc) is 3.02. The molecule has 19 heavy (non-hydrogen) atoms. The summed E-state index contributed by atoms with van der Waals surface area (Å²) in [5, 5.41) is 7.87. The van der Waals surface area contributed by atoms with E-state index < -0.39 is 0 Å². The number of benzene rings is 1. The van der Waals surface area contributed by atoms with Gasteiger partial charge in [0.1, 0.15) is 11.3 Å². The third kappa shape index (κ3) is 2.69. The molecule has 0 aliphatic carbocycles. The van der Waals surface area contributed by atoms with E-state index in [-0.39, 0.29) is 0 Å². The molecule has 0 unspecified atom stereocenters. The zero-order valence-electron chi connectivity index (χ0n) is 10.8. The Morgan fingerprint density at radius 3 is 3.05 bits per heavy atom. The topological polar surface area (TPSA) is 38.1 Å². The van der Waals surface area contributed by atoms with Gasteiger partial charge in [0.05, 0.1) is 5.01 Å². The Balaban J connectivity index is 1.63. The van der Waals surface area contributed by atoms with Gasteiger partial charge in [-0.1, -0.05) is 18.2 Å². The number of nitrogens with zero attached hydrogens (tertiary/aromatic N) is 1. The number of aryl methyl sites for hydroxylation is 1. The number of thiazole rings is 1. The Kier molecular flexibility index (Phi) is 3.62. The van der Waals surface area contributed by atoms with Crippen LogP contribution in [0.3, 0.4) is 0 Å². The number of hydrogen-bond acceptors (Lipinski definition) is 4. The van der Waals surface area contributed by atoms with Crippen LogP contribution in [0.4, 0.5) is 0 Å². The molecule has 0 aliphatic heterocycles. The molecule has 0 saturated carbocycles. The number of furan rings is 1. The maximum Gasteiger partial charge on any atom is 0.134 e. The predicted molar refractivity (Wildman–Crippen MR) is 78.5 cm³/mol. The second-order valence-corrected chi connectivity index (χ2v) is 5.46. The first-order chi connectivity index (χ1) is 9.34. The smallest absolute Gasteiger partial charge is 0.134 e. The molecule has 0 bridgehead atoms. The van der Waals surface area contributed by atoms with E-state index in [2.05, 4.69) is 22.4 Å². The normalized spacial score (nSPS) is 11.2. The summed E-state index contributed by atoms with van der Waals surface area (Å²) >= 11 is 1.71. The van der Waals surface area contributed by atoms with Gasteiger partial charge >= 0.3 is 0 Å². The van der Waals surface area contributed by atoms with Crippen LogP contribution in [0.25, 0.3) is 11.0 Å². The highest BCUT2D eigenvalue weighted by Crippen LogP contribution is 2.24. The Labute approximate surface area is 116 Å². The van der Waals surface area contributed by atoms with E-state index in [4.69, 9.17) is 4.42 Å². The molecule has 0 fully saturated rings. The number of aromatic nitrogens is 1. The first kappa shape index (κ1) is 12.4. The Morgan fingerprint density at radius 1 is 1.32 bits per heavy atom. The molecule has 0 atom stereocenters. The third-order valence-corrected chi connectivity index (χ3v) is 4.04. The van der Waals surface area contributed by atoms with Crippen molar-refractivity contribution >= 4 is 22.3 Å². The van der Waals surface area contributed by atoms with E-state index in [0.717, 1.165) is 30.9 Å². The van der Waals surface area contributed by atoms with Crippen molar-refractivity contribution in [3.05, 3.63) is 52.2 Å². The fraction of sp³-hybridized carbons (Fsp3) is 0.267. The summed E-state index contributed by atoms with van der Waals surface area (Å²) in [5.74, 6) is 1.00. The highest BCUT2D eigenvalue weighted by Gasteiger charge is 2.09. The molecular weight excluding hydrogens is 256 g/mol. The van der Waals surface area contributed by atoms with Crippen LogP contribution in [-0.2, 0) is 13.0 Å². The number of fused-ring (bicyclic) bond motifs is 1. The lowest BCUT2D eigenvalue weighted by Gasteiger charge is -2.03. The number of hydrogen-bond donors (Lipinski definition) is 1. The maximum absolute atomic E-state index is 5.75. The molecule has 2 heterocycles. The molecule has 2 aromatic heterocycles. The predicted octanol–water partition coefficient (Wildman–Crippen LogP) is 3.53. The van der Waals surface area contributed by atoms with Crippen molar-refractivity contribution in [1.82, 2.24) is 10.3 Å². The van der Waals surface area contributed by atoms with E-state index in [1.807, 2.05) is 30.6 Å². The molecule has 0 amide bonds. The first-order valence-corrected chi connectivity index (χ1v) is 7.28. The minimum Gasteiger partial charge on any atom is -0.461 e. The van der Waals surface area contributed by atoms with E-state index in [9.17, 15) is 0 Å². The van der Waals surface area contributed by atoms with Gasteiger partial charge in [0, 0.05) is 42.0 Å².